The van der Waals surface area contributed by atoms with Crippen molar-refractivity contribution in [3.63, 3.8) is 0 Å². The number of benzene rings is 1. The Hall–Kier alpha value is -3.16. The summed E-state index contributed by atoms with van der Waals surface area (Å²) in [6, 6.07) is 5.19. The summed E-state index contributed by atoms with van der Waals surface area (Å²) in [6.07, 6.45) is 5.58. The van der Waals surface area contributed by atoms with Crippen LogP contribution in [0.5, 0.6) is 0 Å². The second kappa shape index (κ2) is 6.53. The lowest BCUT2D eigenvalue weighted by atomic mass is 10.2. The summed E-state index contributed by atoms with van der Waals surface area (Å²) in [7, 11) is 1.64. The molecule has 0 radical (unpaired) electrons. The second-order valence-corrected chi connectivity index (χ2v) is 6.88. The van der Waals surface area contributed by atoms with Crippen LogP contribution >= 0.6 is 0 Å². The summed E-state index contributed by atoms with van der Waals surface area (Å²) >= 11 is 0. The van der Waals surface area contributed by atoms with Crippen LogP contribution in [0.25, 0.3) is 16.7 Å². The van der Waals surface area contributed by atoms with Gasteiger partial charge in [-0.3, -0.25) is 9.59 Å². The third-order valence-electron chi connectivity index (χ3n) is 5.04. The van der Waals surface area contributed by atoms with Gasteiger partial charge in [0.1, 0.15) is 11.3 Å². The van der Waals surface area contributed by atoms with Crippen molar-refractivity contribution in [2.75, 3.05) is 0 Å². The minimum absolute atomic E-state index is 0.124. The van der Waals surface area contributed by atoms with Gasteiger partial charge in [0.25, 0.3) is 11.5 Å². The molecule has 8 heteroatoms. The maximum Gasteiger partial charge on any atom is 0.333 e. The number of fused-ring (bicyclic) bond motifs is 1. The standard InChI is InChI=1S/C19H19FN4O3/c1-23-10-14(17(25)21-12-4-2-3-5-12)15-16(23)18(26)24(19(27)22-15)13-8-6-11(20)7-9-13/h6-10,12H,2-5H2,1H3,(H,21,25)(H,22,27). The lowest BCUT2D eigenvalue weighted by Gasteiger charge is -2.11. The van der Waals surface area contributed by atoms with Gasteiger partial charge in [0.05, 0.1) is 16.8 Å². The number of H-pyrrole nitrogens is 1. The first kappa shape index (κ1) is 17.3. The van der Waals surface area contributed by atoms with Gasteiger partial charge in [0.2, 0.25) is 0 Å². The Labute approximate surface area is 153 Å². The number of nitrogens with zero attached hydrogens (tertiary/aromatic N) is 2. The molecule has 1 fully saturated rings. The van der Waals surface area contributed by atoms with Crippen molar-refractivity contribution in [2.45, 2.75) is 31.7 Å². The Bertz CT molecular complexity index is 1130. The maximum absolute atomic E-state index is 13.2. The number of nitrogens with one attached hydrogen (secondary N) is 2. The molecule has 0 bridgehead atoms. The SMILES string of the molecule is Cn1cc(C(=O)NC2CCCC2)c2[nH]c(=O)n(-c3ccc(F)cc3)c(=O)c21. The number of aryl methyl sites for hydroxylation is 1. The fourth-order valence-corrected chi connectivity index (χ4v) is 3.70. The molecular formula is C19H19FN4O3. The van der Waals surface area contributed by atoms with Gasteiger partial charge in [-0.2, -0.15) is 0 Å². The van der Waals surface area contributed by atoms with Gasteiger partial charge in [-0.1, -0.05) is 12.8 Å². The Balaban J connectivity index is 1.84. The van der Waals surface area contributed by atoms with E-state index >= 15 is 0 Å². The second-order valence-electron chi connectivity index (χ2n) is 6.88. The minimum Gasteiger partial charge on any atom is -0.349 e. The summed E-state index contributed by atoms with van der Waals surface area (Å²) in [6.45, 7) is 0. The van der Waals surface area contributed by atoms with Crippen LogP contribution in [0.1, 0.15) is 36.0 Å². The molecule has 2 N–H and O–H groups in total. The van der Waals surface area contributed by atoms with E-state index in [0.29, 0.717) is 0 Å². The molecule has 1 aromatic carbocycles. The summed E-state index contributed by atoms with van der Waals surface area (Å²) in [5.41, 5.74) is -0.317. The van der Waals surface area contributed by atoms with Crippen LogP contribution < -0.4 is 16.6 Å². The largest absolute Gasteiger partial charge is 0.349 e. The zero-order chi connectivity index (χ0) is 19.1. The van der Waals surface area contributed by atoms with Crippen molar-refractivity contribution in [1.82, 2.24) is 19.4 Å². The Morgan fingerprint density at radius 1 is 1.19 bits per heavy atom. The van der Waals surface area contributed by atoms with Crippen molar-refractivity contribution < 1.29 is 9.18 Å². The molecule has 2 heterocycles. The summed E-state index contributed by atoms with van der Waals surface area (Å²) in [4.78, 5) is 40.8. The van der Waals surface area contributed by atoms with Gasteiger partial charge in [-0.05, 0) is 37.1 Å². The van der Waals surface area contributed by atoms with Gasteiger partial charge in [0.15, 0.2) is 0 Å². The molecule has 3 aromatic rings. The van der Waals surface area contributed by atoms with E-state index in [2.05, 4.69) is 10.3 Å². The van der Waals surface area contributed by atoms with E-state index < -0.39 is 17.1 Å². The molecule has 2 aromatic heterocycles. The predicted molar refractivity (Wildman–Crippen MR) is 98.8 cm³/mol. The maximum atomic E-state index is 13.2. The lowest BCUT2D eigenvalue weighted by Crippen LogP contribution is -2.35. The van der Waals surface area contributed by atoms with Crippen molar-refractivity contribution in [3.8, 4) is 5.69 Å². The Morgan fingerprint density at radius 3 is 2.52 bits per heavy atom. The molecule has 0 unspecified atom stereocenters. The average Bonchev–Trinajstić information content (AvgIpc) is 3.24. The summed E-state index contributed by atoms with van der Waals surface area (Å²) in [5, 5.41) is 2.97. The van der Waals surface area contributed by atoms with E-state index in [1.165, 1.54) is 28.8 Å². The van der Waals surface area contributed by atoms with E-state index in [1.54, 1.807) is 13.2 Å². The van der Waals surface area contributed by atoms with Crippen LogP contribution in [0.3, 0.4) is 0 Å². The monoisotopic (exact) mass is 370 g/mol. The first-order valence-electron chi connectivity index (χ1n) is 8.87. The molecule has 27 heavy (non-hydrogen) atoms. The van der Waals surface area contributed by atoms with E-state index in [-0.39, 0.29) is 34.2 Å². The van der Waals surface area contributed by atoms with Crippen molar-refractivity contribution in [1.29, 1.82) is 0 Å². The number of rotatable bonds is 3. The number of hydrogen-bond donors (Lipinski definition) is 2. The molecule has 1 aliphatic carbocycles. The smallest absolute Gasteiger partial charge is 0.333 e. The lowest BCUT2D eigenvalue weighted by molar-refractivity contribution is 0.0939. The number of halogens is 1. The average molecular weight is 370 g/mol. The first-order chi connectivity index (χ1) is 13.0. The molecule has 140 valence electrons. The number of carbonyl (C=O) groups is 1. The molecule has 4 rings (SSSR count). The highest BCUT2D eigenvalue weighted by Gasteiger charge is 2.23. The number of carbonyl (C=O) groups excluding carboxylic acids is 1. The topological polar surface area (TPSA) is 88.9 Å². The highest BCUT2D eigenvalue weighted by Crippen LogP contribution is 2.20. The van der Waals surface area contributed by atoms with Crippen LogP contribution in [0.4, 0.5) is 4.39 Å². The van der Waals surface area contributed by atoms with Crippen molar-refractivity contribution in [2.24, 2.45) is 7.05 Å². The zero-order valence-electron chi connectivity index (χ0n) is 14.8. The minimum atomic E-state index is -0.680. The Morgan fingerprint density at radius 2 is 1.85 bits per heavy atom. The number of hydrogen-bond acceptors (Lipinski definition) is 3. The van der Waals surface area contributed by atoms with Crippen LogP contribution in [0.2, 0.25) is 0 Å². The molecule has 1 aliphatic rings. The van der Waals surface area contributed by atoms with Gasteiger partial charge in [0, 0.05) is 19.3 Å². The van der Waals surface area contributed by atoms with E-state index in [9.17, 15) is 18.8 Å². The molecule has 1 saturated carbocycles. The van der Waals surface area contributed by atoms with E-state index in [4.69, 9.17) is 0 Å². The third-order valence-corrected chi connectivity index (χ3v) is 5.04. The molecule has 0 atom stereocenters. The van der Waals surface area contributed by atoms with Gasteiger partial charge in [-0.15, -0.1) is 0 Å². The molecular weight excluding hydrogens is 351 g/mol. The summed E-state index contributed by atoms with van der Waals surface area (Å²) in [5.74, 6) is -0.767. The van der Waals surface area contributed by atoms with E-state index in [1.807, 2.05) is 0 Å². The van der Waals surface area contributed by atoms with Crippen LogP contribution in [0, 0.1) is 5.82 Å². The van der Waals surface area contributed by atoms with Gasteiger partial charge < -0.3 is 14.9 Å². The third kappa shape index (κ3) is 2.97. The molecule has 0 aliphatic heterocycles. The Kier molecular flexibility index (Phi) is 4.18. The highest BCUT2D eigenvalue weighted by molar-refractivity contribution is 6.05. The molecule has 0 saturated heterocycles. The van der Waals surface area contributed by atoms with Crippen LogP contribution in [-0.2, 0) is 7.05 Å². The van der Waals surface area contributed by atoms with Gasteiger partial charge >= 0.3 is 5.69 Å². The molecule has 0 spiro atoms. The molecule has 7 nitrogen and oxygen atoms in total. The fraction of sp³-hybridized carbons (Fsp3) is 0.316. The summed E-state index contributed by atoms with van der Waals surface area (Å²) < 4.78 is 15.6. The van der Waals surface area contributed by atoms with Gasteiger partial charge in [-0.25, -0.2) is 13.8 Å². The van der Waals surface area contributed by atoms with Crippen molar-refractivity contribution in [3.05, 3.63) is 62.7 Å². The predicted octanol–water partition coefficient (Wildman–Crippen LogP) is 1.83. The van der Waals surface area contributed by atoms with Crippen LogP contribution in [0.15, 0.2) is 40.1 Å². The van der Waals surface area contributed by atoms with E-state index in [0.717, 1.165) is 30.3 Å². The zero-order valence-corrected chi connectivity index (χ0v) is 14.8. The van der Waals surface area contributed by atoms with Crippen LogP contribution in [-0.4, -0.2) is 26.1 Å². The quantitative estimate of drug-likeness (QED) is 0.737. The first-order valence-corrected chi connectivity index (χ1v) is 8.87. The number of aromatic amines is 1. The number of amides is 1. The molecule has 1 amide bonds. The normalized spacial score (nSPS) is 14.7. The fourth-order valence-electron chi connectivity index (χ4n) is 3.70. The highest BCUT2D eigenvalue weighted by atomic mass is 19.1. The van der Waals surface area contributed by atoms with Crippen molar-refractivity contribution >= 4 is 16.9 Å². The number of aromatic nitrogens is 3.